The van der Waals surface area contributed by atoms with Gasteiger partial charge < -0.3 is 19.7 Å². The van der Waals surface area contributed by atoms with Crippen molar-refractivity contribution in [2.45, 2.75) is 25.3 Å². The average Bonchev–Trinajstić information content (AvgIpc) is 3.26. The number of hydrogen-bond donors (Lipinski definition) is 1. The van der Waals surface area contributed by atoms with Crippen LogP contribution in [-0.4, -0.2) is 51.9 Å². The van der Waals surface area contributed by atoms with Crippen molar-refractivity contribution in [3.8, 4) is 11.1 Å². The molecule has 1 saturated heterocycles. The van der Waals surface area contributed by atoms with Crippen molar-refractivity contribution in [1.29, 1.82) is 0 Å². The summed E-state index contributed by atoms with van der Waals surface area (Å²) in [6.45, 7) is 3.01. The first-order valence-electron chi connectivity index (χ1n) is 13.2. The lowest BCUT2D eigenvalue weighted by Crippen LogP contribution is -2.57. The molecule has 0 aliphatic carbocycles. The fraction of sp³-hybridized carbons (Fsp3) is 0.267. The van der Waals surface area contributed by atoms with Crippen LogP contribution in [0.2, 0.25) is 0 Å². The Hall–Kier alpha value is -4.67. The zero-order valence-electron chi connectivity index (χ0n) is 22.4. The first-order chi connectivity index (χ1) is 19.6. The van der Waals surface area contributed by atoms with Crippen LogP contribution >= 0.6 is 0 Å². The van der Waals surface area contributed by atoms with Gasteiger partial charge in [0.2, 0.25) is 5.95 Å². The molecule has 210 valence electrons. The van der Waals surface area contributed by atoms with Gasteiger partial charge in [-0.15, -0.1) is 0 Å². The van der Waals surface area contributed by atoms with Crippen molar-refractivity contribution < 1.29 is 22.8 Å². The predicted molar refractivity (Wildman–Crippen MR) is 149 cm³/mol. The number of aromatic nitrogens is 3. The Morgan fingerprint density at radius 1 is 1.02 bits per heavy atom. The molecule has 0 radical (unpaired) electrons. The number of Topliss-reactive ketones (excluding diaryl/α,β-unsaturated/α-hetero) is 1. The number of amides is 1. The van der Waals surface area contributed by atoms with E-state index in [-0.39, 0.29) is 23.5 Å². The second kappa shape index (κ2) is 10.1. The van der Waals surface area contributed by atoms with Crippen molar-refractivity contribution >= 4 is 29.0 Å². The first-order valence-corrected chi connectivity index (χ1v) is 13.2. The third-order valence-corrected chi connectivity index (χ3v) is 7.80. The number of piperazine rings is 1. The Kier molecular flexibility index (Phi) is 6.51. The molecule has 2 aromatic heterocycles. The summed E-state index contributed by atoms with van der Waals surface area (Å²) in [7, 11) is 1.71. The third kappa shape index (κ3) is 4.81. The highest BCUT2D eigenvalue weighted by Crippen LogP contribution is 2.47. The van der Waals surface area contributed by atoms with Crippen molar-refractivity contribution in [2.24, 2.45) is 7.05 Å². The summed E-state index contributed by atoms with van der Waals surface area (Å²) in [5.41, 5.74) is 2.73. The number of carbonyl (C=O) groups excluding carboxylic acids is 2. The van der Waals surface area contributed by atoms with Crippen molar-refractivity contribution in [3.05, 3.63) is 89.8 Å². The number of rotatable bonds is 5. The number of benzene rings is 2. The molecule has 6 rings (SSSR count). The molecule has 41 heavy (non-hydrogen) atoms. The van der Waals surface area contributed by atoms with E-state index in [1.165, 1.54) is 12.1 Å². The van der Waals surface area contributed by atoms with Crippen LogP contribution in [0.15, 0.2) is 67.0 Å². The summed E-state index contributed by atoms with van der Waals surface area (Å²) in [5, 5.41) is 2.54. The van der Waals surface area contributed by atoms with Gasteiger partial charge in [-0.1, -0.05) is 30.3 Å². The molecule has 2 aliphatic heterocycles. The molecule has 2 aromatic carbocycles. The Labute approximate surface area is 234 Å². The summed E-state index contributed by atoms with van der Waals surface area (Å²) in [5.74, 6) is -5.11. The van der Waals surface area contributed by atoms with E-state index in [0.717, 1.165) is 23.7 Å². The lowest BCUT2D eigenvalue weighted by Gasteiger charge is -2.48. The van der Waals surface area contributed by atoms with Crippen LogP contribution in [0.1, 0.15) is 28.2 Å². The van der Waals surface area contributed by atoms with Gasteiger partial charge in [-0.25, -0.2) is 23.1 Å². The summed E-state index contributed by atoms with van der Waals surface area (Å²) < 4.78 is 45.9. The summed E-state index contributed by atoms with van der Waals surface area (Å²) in [6, 6.07) is 14.9. The quantitative estimate of drug-likeness (QED) is 0.275. The highest BCUT2D eigenvalue weighted by molar-refractivity contribution is 6.47. The molecule has 0 bridgehead atoms. The maximum atomic E-state index is 15.5. The van der Waals surface area contributed by atoms with E-state index in [4.69, 9.17) is 0 Å². The minimum atomic E-state index is -3.18. The second-order valence-corrected chi connectivity index (χ2v) is 10.4. The minimum absolute atomic E-state index is 0.116. The molecule has 1 fully saturated rings. The van der Waals surface area contributed by atoms with E-state index in [1.54, 1.807) is 22.6 Å². The molecule has 0 unspecified atom stereocenters. The SMILES string of the molecule is Cc1cc(-c2ccccc2)c(C(=O)C(=O)Nc2ccc3c(c2)C(F)(F)C[C@H]2CN(c4ncc(F)cn4)CCN32)n1C. The van der Waals surface area contributed by atoms with E-state index >= 15 is 8.78 Å². The second-order valence-electron chi connectivity index (χ2n) is 10.4. The fourth-order valence-electron chi connectivity index (χ4n) is 5.70. The number of alkyl halides is 2. The Balaban J connectivity index is 1.23. The molecule has 1 atom stereocenters. The van der Waals surface area contributed by atoms with Crippen molar-refractivity contribution in [3.63, 3.8) is 0 Å². The summed E-state index contributed by atoms with van der Waals surface area (Å²) in [4.78, 5) is 38.1. The van der Waals surface area contributed by atoms with Crippen LogP contribution in [0.5, 0.6) is 0 Å². The van der Waals surface area contributed by atoms with Gasteiger partial charge in [-0.2, -0.15) is 0 Å². The average molecular weight is 561 g/mol. The third-order valence-electron chi connectivity index (χ3n) is 7.80. The number of ketones is 1. The largest absolute Gasteiger partial charge is 0.364 e. The van der Waals surface area contributed by atoms with Crippen LogP contribution < -0.4 is 15.1 Å². The normalized spacial score (nSPS) is 17.5. The van der Waals surface area contributed by atoms with Crippen LogP contribution in [0, 0.1) is 12.7 Å². The van der Waals surface area contributed by atoms with E-state index < -0.39 is 35.9 Å². The number of nitrogens with one attached hydrogen (secondary N) is 1. The van der Waals surface area contributed by atoms with Crippen LogP contribution in [0.3, 0.4) is 0 Å². The molecule has 2 aliphatic rings. The summed E-state index contributed by atoms with van der Waals surface area (Å²) >= 11 is 0. The van der Waals surface area contributed by atoms with Crippen molar-refractivity contribution in [1.82, 2.24) is 14.5 Å². The van der Waals surface area contributed by atoms with Gasteiger partial charge in [-0.05, 0) is 36.8 Å². The van der Waals surface area contributed by atoms with Gasteiger partial charge >= 0.3 is 0 Å². The molecule has 8 nitrogen and oxygen atoms in total. The van der Waals surface area contributed by atoms with Crippen LogP contribution in [0.25, 0.3) is 11.1 Å². The Morgan fingerprint density at radius 3 is 2.49 bits per heavy atom. The van der Waals surface area contributed by atoms with Gasteiger partial charge in [0.25, 0.3) is 17.6 Å². The molecule has 11 heteroatoms. The highest BCUT2D eigenvalue weighted by Gasteiger charge is 2.46. The van der Waals surface area contributed by atoms with Gasteiger partial charge in [0.05, 0.1) is 18.4 Å². The number of halogens is 3. The smallest absolute Gasteiger partial charge is 0.298 e. The number of anilines is 3. The zero-order chi connectivity index (χ0) is 28.9. The van der Waals surface area contributed by atoms with Crippen LogP contribution in [-0.2, 0) is 17.8 Å². The molecule has 4 aromatic rings. The zero-order valence-corrected chi connectivity index (χ0v) is 22.4. The number of nitrogens with zero attached hydrogens (tertiary/aromatic N) is 5. The van der Waals surface area contributed by atoms with Gasteiger partial charge in [0.15, 0.2) is 5.82 Å². The molecule has 1 amide bonds. The lowest BCUT2D eigenvalue weighted by atomic mass is 9.90. The maximum absolute atomic E-state index is 15.5. The van der Waals surface area contributed by atoms with Gasteiger partial charge in [0.1, 0.15) is 5.69 Å². The van der Waals surface area contributed by atoms with Gasteiger partial charge in [-0.3, -0.25) is 9.59 Å². The van der Waals surface area contributed by atoms with E-state index in [1.807, 2.05) is 48.2 Å². The monoisotopic (exact) mass is 560 g/mol. The first kappa shape index (κ1) is 26.5. The van der Waals surface area contributed by atoms with E-state index in [2.05, 4.69) is 15.3 Å². The van der Waals surface area contributed by atoms with E-state index in [9.17, 15) is 14.0 Å². The minimum Gasteiger partial charge on any atom is -0.364 e. The molecular weight excluding hydrogens is 533 g/mol. The van der Waals surface area contributed by atoms with Crippen molar-refractivity contribution in [2.75, 3.05) is 34.8 Å². The highest BCUT2D eigenvalue weighted by atomic mass is 19.3. The maximum Gasteiger partial charge on any atom is 0.298 e. The lowest BCUT2D eigenvalue weighted by molar-refractivity contribution is -0.112. The van der Waals surface area contributed by atoms with E-state index in [0.29, 0.717) is 30.3 Å². The standard InChI is InChI=1S/C30H27F3N6O2/c1-18-12-23(19-6-4-3-5-7-19)26(37(18)2)27(40)28(41)36-21-8-9-25-24(13-21)30(32,33)14-22-17-38(10-11-39(22)25)29-34-15-20(31)16-35-29/h3-9,12-13,15-16,22H,10-11,14,17H2,1-2H3,(H,36,41)/t22-/m0/s1. The molecule has 1 N–H and O–H groups in total. The van der Waals surface area contributed by atoms with Gasteiger partial charge in [0, 0.05) is 61.3 Å². The fourth-order valence-corrected chi connectivity index (χ4v) is 5.70. The topological polar surface area (TPSA) is 83.4 Å². The predicted octanol–water partition coefficient (Wildman–Crippen LogP) is 4.94. The molecule has 0 spiro atoms. The molecule has 4 heterocycles. The van der Waals surface area contributed by atoms with Crippen LogP contribution in [0.4, 0.5) is 30.5 Å². The summed E-state index contributed by atoms with van der Waals surface area (Å²) in [6.07, 6.45) is 1.67. The number of carbonyl (C=O) groups is 2. The Morgan fingerprint density at radius 2 is 1.76 bits per heavy atom. The number of aryl methyl sites for hydroxylation is 1. The molecular formula is C30H27F3N6O2. The Bertz CT molecular complexity index is 1640. The molecule has 0 saturated carbocycles. The number of hydrogen-bond acceptors (Lipinski definition) is 6. The number of fused-ring (bicyclic) bond motifs is 3.